The zero-order valence-corrected chi connectivity index (χ0v) is 13.1. The Morgan fingerprint density at radius 1 is 1.28 bits per heavy atom. The summed E-state index contributed by atoms with van der Waals surface area (Å²) in [4.78, 5) is 2.81. The zero-order chi connectivity index (χ0) is 13.0. The Labute approximate surface area is 117 Å². The fraction of sp³-hybridized carbons (Fsp3) is 1.00. The molecule has 0 radical (unpaired) electrons. The first-order valence-electron chi connectivity index (χ1n) is 7.81. The van der Waals surface area contributed by atoms with Crippen molar-refractivity contribution in [3.63, 3.8) is 0 Å². The Morgan fingerprint density at radius 2 is 2.11 bits per heavy atom. The topological polar surface area (TPSA) is 15.3 Å². The standard InChI is InChI=1S/C15H30N2S/c1-4-8-16-15-7-9-17(13(3)12(15)2)14-6-5-10-18-11-14/h12-16H,4-11H2,1-3H3. The Morgan fingerprint density at radius 3 is 2.78 bits per heavy atom. The van der Waals surface area contributed by atoms with Crippen LogP contribution in [0, 0.1) is 5.92 Å². The molecule has 1 N–H and O–H groups in total. The largest absolute Gasteiger partial charge is 0.314 e. The highest BCUT2D eigenvalue weighted by molar-refractivity contribution is 7.99. The van der Waals surface area contributed by atoms with Gasteiger partial charge in [-0.3, -0.25) is 4.90 Å². The van der Waals surface area contributed by atoms with Gasteiger partial charge in [-0.25, -0.2) is 0 Å². The predicted molar refractivity (Wildman–Crippen MR) is 82.4 cm³/mol. The lowest BCUT2D eigenvalue weighted by molar-refractivity contribution is 0.0504. The van der Waals surface area contributed by atoms with E-state index >= 15 is 0 Å². The molecule has 0 amide bonds. The molecule has 0 saturated carbocycles. The van der Waals surface area contributed by atoms with Gasteiger partial charge in [0, 0.05) is 30.4 Å². The van der Waals surface area contributed by atoms with E-state index in [4.69, 9.17) is 0 Å². The van der Waals surface area contributed by atoms with Crippen molar-refractivity contribution in [3.8, 4) is 0 Å². The Hall–Kier alpha value is 0.270. The Bertz CT molecular complexity index is 241. The van der Waals surface area contributed by atoms with Crippen LogP contribution in [0.2, 0.25) is 0 Å². The maximum absolute atomic E-state index is 3.74. The Balaban J connectivity index is 1.88. The monoisotopic (exact) mass is 270 g/mol. The molecular formula is C15H30N2S. The van der Waals surface area contributed by atoms with Crippen LogP contribution in [0.1, 0.15) is 46.5 Å². The van der Waals surface area contributed by atoms with Crippen LogP contribution in [0.4, 0.5) is 0 Å². The molecule has 0 aromatic heterocycles. The van der Waals surface area contributed by atoms with Crippen molar-refractivity contribution >= 4 is 11.8 Å². The van der Waals surface area contributed by atoms with Gasteiger partial charge in [-0.1, -0.05) is 13.8 Å². The van der Waals surface area contributed by atoms with Gasteiger partial charge in [0.05, 0.1) is 0 Å². The third kappa shape index (κ3) is 3.43. The zero-order valence-electron chi connectivity index (χ0n) is 12.3. The van der Waals surface area contributed by atoms with Gasteiger partial charge in [0.15, 0.2) is 0 Å². The van der Waals surface area contributed by atoms with Gasteiger partial charge in [0.25, 0.3) is 0 Å². The number of nitrogens with zero attached hydrogens (tertiary/aromatic N) is 1. The van der Waals surface area contributed by atoms with Crippen molar-refractivity contribution < 1.29 is 0 Å². The van der Waals surface area contributed by atoms with Crippen LogP contribution in [0.25, 0.3) is 0 Å². The third-order valence-corrected chi connectivity index (χ3v) is 6.08. The molecule has 18 heavy (non-hydrogen) atoms. The number of piperidine rings is 1. The molecule has 2 saturated heterocycles. The second-order valence-electron chi connectivity index (χ2n) is 6.06. The van der Waals surface area contributed by atoms with E-state index < -0.39 is 0 Å². The summed E-state index contributed by atoms with van der Waals surface area (Å²) in [6.07, 6.45) is 5.44. The van der Waals surface area contributed by atoms with E-state index in [0.29, 0.717) is 0 Å². The highest BCUT2D eigenvalue weighted by Crippen LogP contribution is 2.30. The molecule has 0 aromatic carbocycles. The molecule has 2 nitrogen and oxygen atoms in total. The quantitative estimate of drug-likeness (QED) is 0.845. The first kappa shape index (κ1) is 14.7. The lowest BCUT2D eigenvalue weighted by Crippen LogP contribution is -2.57. The molecule has 4 atom stereocenters. The smallest absolute Gasteiger partial charge is 0.0189 e. The maximum Gasteiger partial charge on any atom is 0.0189 e. The SMILES string of the molecule is CCCNC1CCN(C2CCCSC2)C(C)C1C. The van der Waals surface area contributed by atoms with E-state index in [9.17, 15) is 0 Å². The highest BCUT2D eigenvalue weighted by Gasteiger charge is 2.35. The molecular weight excluding hydrogens is 240 g/mol. The number of thioether (sulfide) groups is 1. The fourth-order valence-corrected chi connectivity index (χ4v) is 4.68. The molecule has 3 heteroatoms. The summed E-state index contributed by atoms with van der Waals surface area (Å²) in [5.41, 5.74) is 0. The van der Waals surface area contributed by atoms with Gasteiger partial charge in [-0.15, -0.1) is 0 Å². The van der Waals surface area contributed by atoms with Crippen LogP contribution in [0.3, 0.4) is 0 Å². The van der Waals surface area contributed by atoms with Crippen LogP contribution in [0.15, 0.2) is 0 Å². The fourth-order valence-electron chi connectivity index (χ4n) is 3.51. The summed E-state index contributed by atoms with van der Waals surface area (Å²) in [6.45, 7) is 9.64. The van der Waals surface area contributed by atoms with Gasteiger partial charge in [-0.05, 0) is 50.8 Å². The van der Waals surface area contributed by atoms with Crippen molar-refractivity contribution in [2.24, 2.45) is 5.92 Å². The molecule has 0 spiro atoms. The van der Waals surface area contributed by atoms with Crippen LogP contribution >= 0.6 is 11.8 Å². The summed E-state index contributed by atoms with van der Waals surface area (Å²) in [7, 11) is 0. The number of rotatable bonds is 4. The van der Waals surface area contributed by atoms with Gasteiger partial charge in [0.2, 0.25) is 0 Å². The summed E-state index contributed by atoms with van der Waals surface area (Å²) in [5.74, 6) is 3.54. The van der Waals surface area contributed by atoms with E-state index in [1.165, 1.54) is 50.3 Å². The van der Waals surface area contributed by atoms with Crippen molar-refractivity contribution in [1.29, 1.82) is 0 Å². The van der Waals surface area contributed by atoms with Crippen LogP contribution in [0.5, 0.6) is 0 Å². The van der Waals surface area contributed by atoms with E-state index in [1.54, 1.807) is 0 Å². The second kappa shape index (κ2) is 7.16. The minimum atomic E-state index is 0.743. The summed E-state index contributed by atoms with van der Waals surface area (Å²) >= 11 is 2.16. The van der Waals surface area contributed by atoms with Gasteiger partial charge in [0.1, 0.15) is 0 Å². The normalized spacial score (nSPS) is 38.8. The van der Waals surface area contributed by atoms with E-state index in [0.717, 1.165) is 24.0 Å². The molecule has 2 heterocycles. The average Bonchev–Trinajstić information content (AvgIpc) is 2.41. The number of hydrogen-bond donors (Lipinski definition) is 1. The third-order valence-electron chi connectivity index (χ3n) is 4.88. The first-order valence-corrected chi connectivity index (χ1v) is 8.96. The number of nitrogens with one attached hydrogen (secondary N) is 1. The first-order chi connectivity index (χ1) is 8.74. The molecule has 2 aliphatic rings. The van der Waals surface area contributed by atoms with E-state index in [2.05, 4.69) is 42.7 Å². The molecule has 0 aliphatic carbocycles. The van der Waals surface area contributed by atoms with Gasteiger partial charge >= 0.3 is 0 Å². The van der Waals surface area contributed by atoms with Crippen LogP contribution < -0.4 is 5.32 Å². The number of hydrogen-bond acceptors (Lipinski definition) is 3. The minimum absolute atomic E-state index is 0.743. The molecule has 106 valence electrons. The number of likely N-dealkylation sites (tertiary alicyclic amines) is 1. The lowest BCUT2D eigenvalue weighted by atomic mass is 9.85. The second-order valence-corrected chi connectivity index (χ2v) is 7.21. The van der Waals surface area contributed by atoms with Crippen molar-refractivity contribution in [2.45, 2.75) is 64.6 Å². The van der Waals surface area contributed by atoms with E-state index in [1.807, 2.05) is 0 Å². The average molecular weight is 270 g/mol. The maximum atomic E-state index is 3.74. The van der Waals surface area contributed by atoms with Gasteiger partial charge < -0.3 is 5.32 Å². The predicted octanol–water partition coefficient (Wildman–Crippen LogP) is 2.98. The molecule has 0 bridgehead atoms. The summed E-state index contributed by atoms with van der Waals surface area (Å²) in [6, 6.07) is 2.34. The summed E-state index contributed by atoms with van der Waals surface area (Å²) < 4.78 is 0. The van der Waals surface area contributed by atoms with Crippen LogP contribution in [-0.2, 0) is 0 Å². The van der Waals surface area contributed by atoms with Gasteiger partial charge in [-0.2, -0.15) is 11.8 Å². The minimum Gasteiger partial charge on any atom is -0.314 e. The highest BCUT2D eigenvalue weighted by atomic mass is 32.2. The molecule has 4 unspecified atom stereocenters. The molecule has 2 rings (SSSR count). The van der Waals surface area contributed by atoms with Crippen molar-refractivity contribution in [2.75, 3.05) is 24.6 Å². The van der Waals surface area contributed by atoms with Crippen molar-refractivity contribution in [3.05, 3.63) is 0 Å². The lowest BCUT2D eigenvalue weighted by Gasteiger charge is -2.47. The summed E-state index contributed by atoms with van der Waals surface area (Å²) in [5, 5.41) is 3.74. The van der Waals surface area contributed by atoms with E-state index in [-0.39, 0.29) is 0 Å². The van der Waals surface area contributed by atoms with Crippen LogP contribution in [-0.4, -0.2) is 47.6 Å². The Kier molecular flexibility index (Phi) is 5.84. The molecule has 0 aromatic rings. The molecule has 2 aliphatic heterocycles. The molecule has 2 fully saturated rings. The van der Waals surface area contributed by atoms with Crippen molar-refractivity contribution in [1.82, 2.24) is 10.2 Å².